The van der Waals surface area contributed by atoms with E-state index in [1.54, 1.807) is 6.20 Å². The van der Waals surface area contributed by atoms with E-state index in [1.165, 1.54) is 12.0 Å². The lowest BCUT2D eigenvalue weighted by molar-refractivity contribution is 1.09. The van der Waals surface area contributed by atoms with E-state index in [-0.39, 0.29) is 0 Å². The highest BCUT2D eigenvalue weighted by Gasteiger charge is 1.89. The van der Waals surface area contributed by atoms with E-state index in [0.717, 1.165) is 5.65 Å². The van der Waals surface area contributed by atoms with E-state index in [4.69, 9.17) is 0 Å². The van der Waals surface area contributed by atoms with Crippen molar-refractivity contribution >= 4 is 5.65 Å². The average Bonchev–Trinajstić information content (AvgIpc) is 2.52. The molecule has 0 aliphatic rings. The molecular formula is C11H16N2. The molecule has 0 aliphatic heterocycles. The Kier molecular flexibility index (Phi) is 3.50. The predicted octanol–water partition coefficient (Wildman–Crippen LogP) is 3.06. The van der Waals surface area contributed by atoms with Crippen molar-refractivity contribution in [1.29, 1.82) is 0 Å². The number of hydrogen-bond donors (Lipinski definition) is 0. The maximum atomic E-state index is 4.12. The summed E-state index contributed by atoms with van der Waals surface area (Å²) in [5.74, 6) is 0. The molecule has 0 bridgehead atoms. The summed E-state index contributed by atoms with van der Waals surface area (Å²) in [6.45, 7) is 6.32. The molecule has 0 aromatic carbocycles. The van der Waals surface area contributed by atoms with Crippen LogP contribution in [-0.4, -0.2) is 9.38 Å². The van der Waals surface area contributed by atoms with Crippen LogP contribution in [0, 0.1) is 6.92 Å². The van der Waals surface area contributed by atoms with E-state index in [9.17, 15) is 0 Å². The molecule has 0 atom stereocenters. The normalized spacial score (nSPS) is 9.46. The SMILES string of the molecule is CCC.Cc1ccc2nccn2c1. The van der Waals surface area contributed by atoms with Gasteiger partial charge < -0.3 is 4.40 Å². The van der Waals surface area contributed by atoms with Gasteiger partial charge >= 0.3 is 0 Å². The third-order valence-corrected chi connectivity index (χ3v) is 1.54. The summed E-state index contributed by atoms with van der Waals surface area (Å²) in [4.78, 5) is 4.12. The van der Waals surface area contributed by atoms with Gasteiger partial charge in [-0.3, -0.25) is 0 Å². The predicted molar refractivity (Wildman–Crippen MR) is 55.9 cm³/mol. The summed E-state index contributed by atoms with van der Waals surface area (Å²) in [6, 6.07) is 4.07. The van der Waals surface area contributed by atoms with Crippen LogP contribution in [0.1, 0.15) is 25.8 Å². The van der Waals surface area contributed by atoms with Gasteiger partial charge in [-0.1, -0.05) is 26.3 Å². The van der Waals surface area contributed by atoms with Crippen molar-refractivity contribution < 1.29 is 0 Å². The fourth-order valence-corrected chi connectivity index (χ4v) is 1.03. The third kappa shape index (κ3) is 2.58. The lowest BCUT2D eigenvalue weighted by Crippen LogP contribution is -1.82. The van der Waals surface area contributed by atoms with Crippen LogP contribution in [0.15, 0.2) is 30.7 Å². The first-order chi connectivity index (χ1) is 6.27. The number of aryl methyl sites for hydroxylation is 1. The molecule has 0 aliphatic carbocycles. The largest absolute Gasteiger partial charge is 0.307 e. The first-order valence-electron chi connectivity index (χ1n) is 4.67. The summed E-state index contributed by atoms with van der Waals surface area (Å²) in [7, 11) is 0. The number of nitrogens with zero attached hydrogens (tertiary/aromatic N) is 2. The van der Waals surface area contributed by atoms with Crippen molar-refractivity contribution in [3.63, 3.8) is 0 Å². The summed E-state index contributed by atoms with van der Waals surface area (Å²) in [5.41, 5.74) is 2.26. The Bertz CT molecular complexity index is 363. The minimum atomic E-state index is 1.01. The van der Waals surface area contributed by atoms with E-state index < -0.39 is 0 Å². The maximum absolute atomic E-state index is 4.12. The highest BCUT2D eigenvalue weighted by atomic mass is 15.0. The molecule has 2 nitrogen and oxygen atoms in total. The molecule has 0 radical (unpaired) electrons. The smallest absolute Gasteiger partial charge is 0.136 e. The quantitative estimate of drug-likeness (QED) is 0.603. The Hall–Kier alpha value is -1.31. The van der Waals surface area contributed by atoms with Crippen molar-refractivity contribution in [3.05, 3.63) is 36.3 Å². The molecule has 0 amide bonds. The second-order valence-electron chi connectivity index (χ2n) is 3.11. The number of hydrogen-bond acceptors (Lipinski definition) is 1. The zero-order valence-electron chi connectivity index (χ0n) is 8.49. The van der Waals surface area contributed by atoms with E-state index in [2.05, 4.69) is 38.0 Å². The fraction of sp³-hybridized carbons (Fsp3) is 0.364. The molecule has 0 unspecified atom stereocenters. The Balaban J connectivity index is 0.000000251. The van der Waals surface area contributed by atoms with Gasteiger partial charge in [-0.2, -0.15) is 0 Å². The molecule has 2 aromatic rings. The summed E-state index contributed by atoms with van der Waals surface area (Å²) in [5, 5.41) is 0. The monoisotopic (exact) mass is 176 g/mol. The third-order valence-electron chi connectivity index (χ3n) is 1.54. The van der Waals surface area contributed by atoms with Crippen molar-refractivity contribution in [1.82, 2.24) is 9.38 Å². The van der Waals surface area contributed by atoms with Crippen LogP contribution < -0.4 is 0 Å². The molecule has 2 aromatic heterocycles. The van der Waals surface area contributed by atoms with Crippen LogP contribution in [0.3, 0.4) is 0 Å². The summed E-state index contributed by atoms with van der Waals surface area (Å²) < 4.78 is 2.01. The Labute approximate surface area is 79.2 Å². The van der Waals surface area contributed by atoms with Gasteiger partial charge in [-0.05, 0) is 18.6 Å². The van der Waals surface area contributed by atoms with Gasteiger partial charge in [0.1, 0.15) is 5.65 Å². The topological polar surface area (TPSA) is 17.3 Å². The first-order valence-corrected chi connectivity index (χ1v) is 4.67. The lowest BCUT2D eigenvalue weighted by Gasteiger charge is -1.93. The minimum Gasteiger partial charge on any atom is -0.307 e. The zero-order chi connectivity index (χ0) is 9.68. The molecule has 0 N–H and O–H groups in total. The van der Waals surface area contributed by atoms with Crippen LogP contribution >= 0.6 is 0 Å². The van der Waals surface area contributed by atoms with Crippen molar-refractivity contribution in [2.45, 2.75) is 27.2 Å². The van der Waals surface area contributed by atoms with Crippen LogP contribution in [0.4, 0.5) is 0 Å². The molecule has 2 heteroatoms. The molecule has 70 valence electrons. The molecule has 2 rings (SSSR count). The maximum Gasteiger partial charge on any atom is 0.136 e. The van der Waals surface area contributed by atoms with Crippen molar-refractivity contribution in [2.24, 2.45) is 0 Å². The Morgan fingerprint density at radius 3 is 2.69 bits per heavy atom. The number of rotatable bonds is 0. The van der Waals surface area contributed by atoms with Gasteiger partial charge in [0.2, 0.25) is 0 Å². The molecular weight excluding hydrogens is 160 g/mol. The van der Waals surface area contributed by atoms with Gasteiger partial charge in [0.15, 0.2) is 0 Å². The van der Waals surface area contributed by atoms with Crippen LogP contribution in [0.25, 0.3) is 5.65 Å². The second-order valence-corrected chi connectivity index (χ2v) is 3.11. The Morgan fingerprint density at radius 2 is 2.00 bits per heavy atom. The highest BCUT2D eigenvalue weighted by Crippen LogP contribution is 2.01. The highest BCUT2D eigenvalue weighted by molar-refractivity contribution is 5.38. The number of fused-ring (bicyclic) bond motifs is 1. The van der Waals surface area contributed by atoms with E-state index >= 15 is 0 Å². The second kappa shape index (κ2) is 4.65. The summed E-state index contributed by atoms with van der Waals surface area (Å²) in [6.07, 6.45) is 7.06. The molecule has 0 saturated carbocycles. The molecule has 13 heavy (non-hydrogen) atoms. The van der Waals surface area contributed by atoms with Crippen LogP contribution in [0.5, 0.6) is 0 Å². The molecule has 0 spiro atoms. The van der Waals surface area contributed by atoms with Gasteiger partial charge in [0.25, 0.3) is 0 Å². The molecule has 2 heterocycles. The first kappa shape index (κ1) is 9.78. The van der Waals surface area contributed by atoms with E-state index in [0.29, 0.717) is 0 Å². The molecule has 0 fully saturated rings. The lowest BCUT2D eigenvalue weighted by atomic mass is 10.3. The average molecular weight is 176 g/mol. The van der Waals surface area contributed by atoms with Gasteiger partial charge in [0, 0.05) is 18.6 Å². The minimum absolute atomic E-state index is 1.01. The van der Waals surface area contributed by atoms with E-state index in [1.807, 2.05) is 16.7 Å². The fourth-order valence-electron chi connectivity index (χ4n) is 1.03. The van der Waals surface area contributed by atoms with Gasteiger partial charge in [0.05, 0.1) is 0 Å². The van der Waals surface area contributed by atoms with Gasteiger partial charge in [-0.25, -0.2) is 4.98 Å². The van der Waals surface area contributed by atoms with Crippen LogP contribution in [0.2, 0.25) is 0 Å². The van der Waals surface area contributed by atoms with Gasteiger partial charge in [-0.15, -0.1) is 0 Å². The van der Waals surface area contributed by atoms with Crippen LogP contribution in [-0.2, 0) is 0 Å². The number of aromatic nitrogens is 2. The standard InChI is InChI=1S/C8H8N2.C3H8/c1-7-2-3-8-9-4-5-10(8)6-7;1-3-2/h2-6H,1H3;3H2,1-2H3. The zero-order valence-corrected chi connectivity index (χ0v) is 8.49. The molecule has 0 saturated heterocycles. The summed E-state index contributed by atoms with van der Waals surface area (Å²) >= 11 is 0. The number of imidazole rings is 1. The number of pyridine rings is 1. The van der Waals surface area contributed by atoms with Crippen molar-refractivity contribution in [3.8, 4) is 0 Å². The Morgan fingerprint density at radius 1 is 1.31 bits per heavy atom. The van der Waals surface area contributed by atoms with Crippen molar-refractivity contribution in [2.75, 3.05) is 0 Å².